The molecule has 108 valence electrons. The molecule has 6 heteroatoms. The fraction of sp³-hybridized carbons (Fsp3) is 0.429. The van der Waals surface area contributed by atoms with Crippen molar-refractivity contribution in [2.24, 2.45) is 0 Å². The van der Waals surface area contributed by atoms with Crippen LogP contribution in [0.3, 0.4) is 0 Å². The maximum Gasteiger partial charge on any atom is 0.328 e. The summed E-state index contributed by atoms with van der Waals surface area (Å²) < 4.78 is 10.2. The monoisotopic (exact) mass is 279 g/mol. The van der Waals surface area contributed by atoms with Gasteiger partial charge in [-0.15, -0.1) is 0 Å². The smallest absolute Gasteiger partial charge is 0.328 e. The molecule has 1 amide bonds. The van der Waals surface area contributed by atoms with E-state index in [2.05, 4.69) is 0 Å². The van der Waals surface area contributed by atoms with E-state index in [9.17, 15) is 9.59 Å². The predicted molar refractivity (Wildman–Crippen MR) is 71.4 cm³/mol. The molecular weight excluding hydrogens is 262 g/mol. The zero-order valence-corrected chi connectivity index (χ0v) is 11.6. The van der Waals surface area contributed by atoms with Crippen LogP contribution in [0.2, 0.25) is 0 Å². The molecule has 1 aliphatic heterocycles. The van der Waals surface area contributed by atoms with E-state index in [1.807, 2.05) is 0 Å². The van der Waals surface area contributed by atoms with E-state index < -0.39 is 18.1 Å². The molecule has 1 aromatic carbocycles. The van der Waals surface area contributed by atoms with Gasteiger partial charge in [-0.05, 0) is 31.5 Å². The van der Waals surface area contributed by atoms with Crippen molar-refractivity contribution in [1.29, 1.82) is 0 Å². The maximum atomic E-state index is 12.2. The highest BCUT2D eigenvalue weighted by Gasteiger charge is 2.37. The second kappa shape index (κ2) is 5.50. The average Bonchev–Trinajstić information content (AvgIpc) is 2.46. The zero-order chi connectivity index (χ0) is 14.9. The Morgan fingerprint density at radius 3 is 2.85 bits per heavy atom. The lowest BCUT2D eigenvalue weighted by Crippen LogP contribution is -2.51. The Morgan fingerprint density at radius 1 is 1.55 bits per heavy atom. The molecule has 0 aromatic heterocycles. The van der Waals surface area contributed by atoms with Crippen molar-refractivity contribution in [3.8, 4) is 5.75 Å². The summed E-state index contributed by atoms with van der Waals surface area (Å²) in [6, 6.07) is 4.26. The van der Waals surface area contributed by atoms with Crippen LogP contribution in [-0.4, -0.2) is 36.2 Å². The quantitative estimate of drug-likeness (QED) is 0.830. The Bertz CT molecular complexity index is 542. The minimum atomic E-state index is -0.738. The summed E-state index contributed by atoms with van der Waals surface area (Å²) in [6.45, 7) is 3.10. The summed E-state index contributed by atoms with van der Waals surface area (Å²) in [6.07, 6.45) is -0.691. The van der Waals surface area contributed by atoms with E-state index >= 15 is 0 Å². The number of ether oxygens (including phenoxy) is 2. The van der Waals surface area contributed by atoms with Gasteiger partial charge in [0.05, 0.1) is 19.4 Å². The number of nitrogens with zero attached hydrogens (tertiary/aromatic N) is 1. The van der Waals surface area contributed by atoms with Gasteiger partial charge in [0.2, 0.25) is 0 Å². The molecule has 0 bridgehead atoms. The number of carbonyl (C=O) groups excluding carboxylic acids is 2. The number of methoxy groups -OCH3 is 1. The molecule has 0 saturated carbocycles. The highest BCUT2D eigenvalue weighted by atomic mass is 16.5. The Kier molecular flexibility index (Phi) is 3.94. The first-order valence-corrected chi connectivity index (χ1v) is 6.31. The minimum absolute atomic E-state index is 0.120. The van der Waals surface area contributed by atoms with Crippen LogP contribution in [0.1, 0.15) is 19.4 Å². The lowest BCUT2D eigenvalue weighted by Gasteiger charge is -2.35. The molecule has 1 N–H and O–H groups in total. The van der Waals surface area contributed by atoms with Gasteiger partial charge in [0.1, 0.15) is 11.8 Å². The van der Waals surface area contributed by atoms with Crippen LogP contribution < -0.4 is 9.64 Å². The van der Waals surface area contributed by atoms with Crippen molar-refractivity contribution in [2.45, 2.75) is 32.6 Å². The van der Waals surface area contributed by atoms with Crippen molar-refractivity contribution < 1.29 is 24.2 Å². The van der Waals surface area contributed by atoms with Gasteiger partial charge in [0.15, 0.2) is 6.10 Å². The largest absolute Gasteiger partial charge is 0.479 e. The van der Waals surface area contributed by atoms with E-state index in [1.165, 1.54) is 12.0 Å². The topological polar surface area (TPSA) is 76.1 Å². The predicted octanol–water partition coefficient (Wildman–Crippen LogP) is 0.854. The highest BCUT2D eigenvalue weighted by molar-refractivity contribution is 6.04. The van der Waals surface area contributed by atoms with Crippen molar-refractivity contribution in [2.75, 3.05) is 12.0 Å². The standard InChI is InChI=1S/C14H17NO5/c1-8(14(18)19-3)15-11-5-4-10(7-16)6-12(11)20-9(2)13(15)17/h4-6,8-9,16H,7H2,1-3H3. The van der Waals surface area contributed by atoms with Gasteiger partial charge >= 0.3 is 5.97 Å². The molecule has 20 heavy (non-hydrogen) atoms. The number of hydrogen-bond acceptors (Lipinski definition) is 5. The number of hydrogen-bond donors (Lipinski definition) is 1. The van der Waals surface area contributed by atoms with Gasteiger partial charge in [-0.25, -0.2) is 4.79 Å². The van der Waals surface area contributed by atoms with Gasteiger partial charge in [0.25, 0.3) is 5.91 Å². The molecule has 0 radical (unpaired) electrons. The average molecular weight is 279 g/mol. The highest BCUT2D eigenvalue weighted by Crippen LogP contribution is 2.36. The second-order valence-corrected chi connectivity index (χ2v) is 4.63. The fourth-order valence-electron chi connectivity index (χ4n) is 2.18. The lowest BCUT2D eigenvalue weighted by molar-refractivity contribution is -0.143. The van der Waals surface area contributed by atoms with Crippen LogP contribution in [0.5, 0.6) is 5.75 Å². The molecule has 1 aliphatic rings. The Morgan fingerprint density at radius 2 is 2.25 bits per heavy atom. The molecule has 2 unspecified atom stereocenters. The fourth-order valence-corrected chi connectivity index (χ4v) is 2.18. The SMILES string of the molecule is COC(=O)C(C)N1C(=O)C(C)Oc2cc(CO)ccc21. The zero-order valence-electron chi connectivity index (χ0n) is 11.6. The number of benzene rings is 1. The van der Waals surface area contributed by atoms with E-state index in [1.54, 1.807) is 32.0 Å². The molecule has 2 rings (SSSR count). The van der Waals surface area contributed by atoms with Crippen molar-refractivity contribution >= 4 is 17.6 Å². The summed E-state index contributed by atoms with van der Waals surface area (Å²) in [5, 5.41) is 9.15. The Labute approximate surface area is 116 Å². The number of fused-ring (bicyclic) bond motifs is 1. The lowest BCUT2D eigenvalue weighted by atomic mass is 10.1. The Balaban J connectivity index is 2.47. The first-order chi connectivity index (χ1) is 9.49. The van der Waals surface area contributed by atoms with E-state index in [-0.39, 0.29) is 12.5 Å². The van der Waals surface area contributed by atoms with Crippen molar-refractivity contribution in [3.05, 3.63) is 23.8 Å². The van der Waals surface area contributed by atoms with Crippen molar-refractivity contribution in [1.82, 2.24) is 0 Å². The van der Waals surface area contributed by atoms with Crippen molar-refractivity contribution in [3.63, 3.8) is 0 Å². The van der Waals surface area contributed by atoms with E-state index in [4.69, 9.17) is 14.6 Å². The van der Waals surface area contributed by atoms with E-state index in [0.717, 1.165) is 0 Å². The van der Waals surface area contributed by atoms with Crippen LogP contribution in [0.15, 0.2) is 18.2 Å². The van der Waals surface area contributed by atoms with Gasteiger partial charge in [-0.2, -0.15) is 0 Å². The normalized spacial score (nSPS) is 19.1. The molecule has 0 fully saturated rings. The van der Waals surface area contributed by atoms with Gasteiger partial charge in [-0.1, -0.05) is 6.07 Å². The molecule has 6 nitrogen and oxygen atoms in total. The molecule has 1 aromatic rings. The number of amides is 1. The first kappa shape index (κ1) is 14.3. The van der Waals surface area contributed by atoms with E-state index in [0.29, 0.717) is 17.0 Å². The maximum absolute atomic E-state index is 12.2. The summed E-state index contributed by atoms with van der Waals surface area (Å²) in [4.78, 5) is 25.3. The van der Waals surface area contributed by atoms with Crippen LogP contribution in [0, 0.1) is 0 Å². The molecule has 2 atom stereocenters. The Hall–Kier alpha value is -2.08. The van der Waals surface area contributed by atoms with Crippen LogP contribution >= 0.6 is 0 Å². The third-order valence-electron chi connectivity index (χ3n) is 3.28. The number of rotatable bonds is 3. The second-order valence-electron chi connectivity index (χ2n) is 4.63. The molecule has 0 spiro atoms. The third kappa shape index (κ3) is 2.34. The van der Waals surface area contributed by atoms with Gasteiger partial charge < -0.3 is 14.6 Å². The number of anilines is 1. The summed E-state index contributed by atoms with van der Waals surface area (Å²) in [7, 11) is 1.28. The molecule has 1 heterocycles. The van der Waals surface area contributed by atoms with Crippen LogP contribution in [0.4, 0.5) is 5.69 Å². The molecular formula is C14H17NO5. The minimum Gasteiger partial charge on any atom is -0.479 e. The molecule has 0 saturated heterocycles. The van der Waals surface area contributed by atoms with Crippen LogP contribution in [-0.2, 0) is 20.9 Å². The summed E-state index contributed by atoms with van der Waals surface area (Å²) in [5.41, 5.74) is 1.18. The summed E-state index contributed by atoms with van der Waals surface area (Å²) >= 11 is 0. The third-order valence-corrected chi connectivity index (χ3v) is 3.28. The first-order valence-electron chi connectivity index (χ1n) is 6.31. The van der Waals surface area contributed by atoms with Crippen LogP contribution in [0.25, 0.3) is 0 Å². The number of carbonyl (C=O) groups is 2. The van der Waals surface area contributed by atoms with Gasteiger partial charge in [-0.3, -0.25) is 9.69 Å². The number of aliphatic hydroxyl groups is 1. The molecule has 0 aliphatic carbocycles. The number of aliphatic hydroxyl groups excluding tert-OH is 1. The number of esters is 1. The summed E-state index contributed by atoms with van der Waals surface area (Å²) in [5.74, 6) is -0.323. The van der Waals surface area contributed by atoms with Gasteiger partial charge in [0, 0.05) is 0 Å².